The molecule has 0 fully saturated rings. The van der Waals surface area contributed by atoms with E-state index in [-0.39, 0.29) is 10.9 Å². The number of carbonyl (C=O) groups excluding carboxylic acids is 2. The van der Waals surface area contributed by atoms with Crippen molar-refractivity contribution in [1.29, 1.82) is 0 Å². The monoisotopic (exact) mass is 321 g/mol. The maximum atomic E-state index is 13.0. The van der Waals surface area contributed by atoms with E-state index < -0.39 is 11.8 Å². The molecule has 0 heterocycles. The normalized spacial score (nSPS) is 9.95. The van der Waals surface area contributed by atoms with Crippen LogP contribution in [0.4, 0.5) is 20.6 Å². The highest BCUT2D eigenvalue weighted by atomic mass is 35.5. The molecule has 7 heteroatoms. The highest BCUT2D eigenvalue weighted by Crippen LogP contribution is 2.19. The Morgan fingerprint density at radius 3 is 2.18 bits per heavy atom. The third-order valence-corrected chi connectivity index (χ3v) is 3.10. The lowest BCUT2D eigenvalue weighted by atomic mass is 10.2. The number of nitrogens with one attached hydrogen (secondary N) is 3. The topological polar surface area (TPSA) is 70.2 Å². The van der Waals surface area contributed by atoms with Crippen molar-refractivity contribution in [2.45, 2.75) is 0 Å². The third kappa shape index (κ3) is 3.95. The number of amides is 3. The van der Waals surface area contributed by atoms with Crippen LogP contribution in [-0.2, 0) is 0 Å². The number of urea groups is 1. The zero-order chi connectivity index (χ0) is 16.1. The first-order valence-corrected chi connectivity index (χ1v) is 6.72. The van der Waals surface area contributed by atoms with Gasteiger partial charge in [0.25, 0.3) is 5.91 Å². The van der Waals surface area contributed by atoms with Crippen LogP contribution in [0.15, 0.2) is 42.5 Å². The van der Waals surface area contributed by atoms with E-state index in [9.17, 15) is 14.0 Å². The summed E-state index contributed by atoms with van der Waals surface area (Å²) in [6, 6.07) is 9.74. The summed E-state index contributed by atoms with van der Waals surface area (Å²) >= 11 is 5.63. The molecule has 0 bridgehead atoms. The minimum atomic E-state index is -0.558. The molecule has 0 aromatic heterocycles. The second kappa shape index (κ2) is 6.91. The number of carbonyl (C=O) groups is 2. The quantitative estimate of drug-likeness (QED) is 0.810. The first kappa shape index (κ1) is 15.8. The van der Waals surface area contributed by atoms with Gasteiger partial charge in [0.1, 0.15) is 5.82 Å². The molecule has 2 aromatic carbocycles. The molecule has 2 rings (SSSR count). The molecule has 0 saturated carbocycles. The van der Waals surface area contributed by atoms with Crippen molar-refractivity contribution < 1.29 is 14.0 Å². The molecular formula is C15H13ClFN3O2. The molecule has 22 heavy (non-hydrogen) atoms. The summed E-state index contributed by atoms with van der Waals surface area (Å²) in [7, 11) is 1.54. The molecule has 0 saturated heterocycles. The van der Waals surface area contributed by atoms with E-state index in [1.165, 1.54) is 19.2 Å². The first-order valence-electron chi connectivity index (χ1n) is 6.35. The van der Waals surface area contributed by atoms with Crippen LogP contribution in [0.3, 0.4) is 0 Å². The average molecular weight is 322 g/mol. The van der Waals surface area contributed by atoms with E-state index in [0.29, 0.717) is 16.9 Å². The Morgan fingerprint density at radius 2 is 1.59 bits per heavy atom. The van der Waals surface area contributed by atoms with Crippen molar-refractivity contribution in [2.75, 3.05) is 17.7 Å². The lowest BCUT2D eigenvalue weighted by Crippen LogP contribution is -2.20. The zero-order valence-electron chi connectivity index (χ0n) is 11.6. The summed E-state index contributed by atoms with van der Waals surface area (Å²) in [5, 5.41) is 7.54. The lowest BCUT2D eigenvalue weighted by Gasteiger charge is -2.08. The summed E-state index contributed by atoms with van der Waals surface area (Å²) in [6.07, 6.45) is 0. The van der Waals surface area contributed by atoms with Gasteiger partial charge in [0.2, 0.25) is 0 Å². The number of hydrogen-bond acceptors (Lipinski definition) is 2. The van der Waals surface area contributed by atoms with Crippen molar-refractivity contribution >= 4 is 34.9 Å². The fraction of sp³-hybridized carbons (Fsp3) is 0.0667. The highest BCUT2D eigenvalue weighted by Gasteiger charge is 2.07. The maximum absolute atomic E-state index is 13.0. The molecule has 0 unspecified atom stereocenters. The lowest BCUT2D eigenvalue weighted by molar-refractivity contribution is 0.0963. The zero-order valence-corrected chi connectivity index (χ0v) is 12.4. The average Bonchev–Trinajstić information content (AvgIpc) is 2.51. The molecular weight excluding hydrogens is 309 g/mol. The Balaban J connectivity index is 1.99. The van der Waals surface area contributed by atoms with E-state index in [4.69, 9.17) is 11.6 Å². The molecule has 0 aliphatic heterocycles. The summed E-state index contributed by atoms with van der Waals surface area (Å²) < 4.78 is 13.0. The number of halogens is 2. The summed E-state index contributed by atoms with van der Waals surface area (Å²) in [5.74, 6) is -0.769. The van der Waals surface area contributed by atoms with Gasteiger partial charge in [-0.05, 0) is 42.5 Å². The van der Waals surface area contributed by atoms with Gasteiger partial charge in [-0.3, -0.25) is 4.79 Å². The van der Waals surface area contributed by atoms with Crippen LogP contribution in [0.1, 0.15) is 10.4 Å². The van der Waals surface area contributed by atoms with Gasteiger partial charge >= 0.3 is 6.03 Å². The minimum absolute atomic E-state index is 0.0762. The Labute approximate surface area is 131 Å². The fourth-order valence-electron chi connectivity index (χ4n) is 1.72. The van der Waals surface area contributed by atoms with Gasteiger partial charge in [-0.1, -0.05) is 11.6 Å². The van der Waals surface area contributed by atoms with Gasteiger partial charge in [-0.15, -0.1) is 0 Å². The minimum Gasteiger partial charge on any atom is -0.355 e. The number of hydrogen-bond donors (Lipinski definition) is 3. The van der Waals surface area contributed by atoms with E-state index in [2.05, 4.69) is 16.0 Å². The summed E-state index contributed by atoms with van der Waals surface area (Å²) in [6.45, 7) is 0. The maximum Gasteiger partial charge on any atom is 0.323 e. The van der Waals surface area contributed by atoms with Gasteiger partial charge < -0.3 is 16.0 Å². The molecule has 0 atom stereocenters. The molecule has 0 aliphatic rings. The number of benzene rings is 2. The molecule has 3 N–H and O–H groups in total. The van der Waals surface area contributed by atoms with E-state index >= 15 is 0 Å². The fourth-order valence-corrected chi connectivity index (χ4v) is 1.90. The smallest absolute Gasteiger partial charge is 0.323 e. The SMILES string of the molecule is CNC(=O)c1ccc(NC(=O)Nc2ccc(F)c(Cl)c2)cc1. The standard InChI is InChI=1S/C15H13ClFN3O2/c1-18-14(21)9-2-4-10(5-3-9)19-15(22)20-11-6-7-13(17)12(16)8-11/h2-8H,1H3,(H,18,21)(H2,19,20,22). The molecule has 0 radical (unpaired) electrons. The summed E-state index contributed by atoms with van der Waals surface area (Å²) in [5.41, 5.74) is 1.36. The van der Waals surface area contributed by atoms with Gasteiger partial charge in [0.15, 0.2) is 0 Å². The van der Waals surface area contributed by atoms with Crippen LogP contribution in [0.5, 0.6) is 0 Å². The second-order valence-corrected chi connectivity index (χ2v) is 4.77. The van der Waals surface area contributed by atoms with Crippen molar-refractivity contribution in [3.05, 3.63) is 58.9 Å². The van der Waals surface area contributed by atoms with Crippen LogP contribution in [0, 0.1) is 5.82 Å². The van der Waals surface area contributed by atoms with Gasteiger partial charge in [0.05, 0.1) is 5.02 Å². The van der Waals surface area contributed by atoms with Gasteiger partial charge in [-0.2, -0.15) is 0 Å². The Bertz CT molecular complexity index is 704. The van der Waals surface area contributed by atoms with E-state index in [1.807, 2.05) is 0 Å². The van der Waals surface area contributed by atoms with E-state index in [0.717, 1.165) is 6.07 Å². The largest absolute Gasteiger partial charge is 0.355 e. The van der Waals surface area contributed by atoms with Crippen molar-refractivity contribution in [3.63, 3.8) is 0 Å². The highest BCUT2D eigenvalue weighted by molar-refractivity contribution is 6.31. The molecule has 3 amide bonds. The third-order valence-electron chi connectivity index (χ3n) is 2.81. The van der Waals surface area contributed by atoms with Crippen molar-refractivity contribution in [3.8, 4) is 0 Å². The van der Waals surface area contributed by atoms with Crippen LogP contribution < -0.4 is 16.0 Å². The number of anilines is 2. The van der Waals surface area contributed by atoms with Crippen LogP contribution >= 0.6 is 11.6 Å². The molecule has 114 valence electrons. The predicted molar refractivity (Wildman–Crippen MR) is 83.9 cm³/mol. The molecule has 0 aliphatic carbocycles. The number of rotatable bonds is 3. The molecule has 5 nitrogen and oxygen atoms in total. The Morgan fingerprint density at radius 1 is 1.00 bits per heavy atom. The Hall–Kier alpha value is -2.60. The summed E-state index contributed by atoms with van der Waals surface area (Å²) in [4.78, 5) is 23.2. The molecule has 0 spiro atoms. The van der Waals surface area contributed by atoms with Gasteiger partial charge in [-0.25, -0.2) is 9.18 Å². The van der Waals surface area contributed by atoms with Crippen molar-refractivity contribution in [1.82, 2.24) is 5.32 Å². The van der Waals surface area contributed by atoms with Crippen LogP contribution in [0.25, 0.3) is 0 Å². The van der Waals surface area contributed by atoms with Crippen LogP contribution in [-0.4, -0.2) is 19.0 Å². The van der Waals surface area contributed by atoms with Gasteiger partial charge in [0, 0.05) is 24.0 Å². The second-order valence-electron chi connectivity index (χ2n) is 4.36. The molecule has 2 aromatic rings. The van der Waals surface area contributed by atoms with Crippen molar-refractivity contribution in [2.24, 2.45) is 0 Å². The predicted octanol–water partition coefficient (Wildman–Crippen LogP) is 3.48. The Kier molecular flexibility index (Phi) is 4.95. The van der Waals surface area contributed by atoms with Crippen LogP contribution in [0.2, 0.25) is 5.02 Å². The first-order chi connectivity index (χ1) is 10.5. The van der Waals surface area contributed by atoms with E-state index in [1.54, 1.807) is 24.3 Å².